The number of halogens is 1. The third kappa shape index (κ3) is 4.18. The lowest BCUT2D eigenvalue weighted by Crippen LogP contribution is -2.48. The summed E-state index contributed by atoms with van der Waals surface area (Å²) in [5.74, 6) is 0.862. The van der Waals surface area contributed by atoms with Gasteiger partial charge in [-0.3, -0.25) is 0 Å². The number of benzene rings is 1. The summed E-state index contributed by atoms with van der Waals surface area (Å²) in [6.45, 7) is 6.03. The molecule has 0 bridgehead atoms. The van der Waals surface area contributed by atoms with Crippen molar-refractivity contribution >= 4 is 22.0 Å². The largest absolute Gasteiger partial charge is 0.493 e. The molecule has 2 amide bonds. The number of carbonyl (C=O) groups is 1. The van der Waals surface area contributed by atoms with Crippen molar-refractivity contribution in [2.75, 3.05) is 26.2 Å². The molecule has 0 spiro atoms. The minimum Gasteiger partial charge on any atom is -0.493 e. The number of likely N-dealkylation sites (tertiary alicyclic amines) is 1. The van der Waals surface area contributed by atoms with Crippen LogP contribution in [0.15, 0.2) is 22.7 Å². The zero-order valence-electron chi connectivity index (χ0n) is 13.5. The van der Waals surface area contributed by atoms with E-state index in [1.54, 1.807) is 0 Å². The van der Waals surface area contributed by atoms with Crippen molar-refractivity contribution in [1.82, 2.24) is 15.5 Å². The van der Waals surface area contributed by atoms with Gasteiger partial charge >= 0.3 is 6.03 Å². The molecule has 0 saturated carbocycles. The van der Waals surface area contributed by atoms with E-state index in [2.05, 4.69) is 38.4 Å². The van der Waals surface area contributed by atoms with Crippen LogP contribution in [0.3, 0.4) is 0 Å². The summed E-state index contributed by atoms with van der Waals surface area (Å²) in [5, 5.41) is 6.24. The Morgan fingerprint density at radius 3 is 2.83 bits per heavy atom. The number of fused-ring (bicyclic) bond motifs is 1. The highest BCUT2D eigenvalue weighted by molar-refractivity contribution is 9.10. The maximum Gasteiger partial charge on any atom is 0.315 e. The first-order valence-electron chi connectivity index (χ1n) is 8.37. The molecule has 1 atom stereocenters. The molecule has 0 unspecified atom stereocenters. The highest BCUT2D eigenvalue weighted by atomic mass is 79.9. The first-order chi connectivity index (χ1) is 11.2. The van der Waals surface area contributed by atoms with Crippen LogP contribution in [0.25, 0.3) is 0 Å². The fourth-order valence-electron chi connectivity index (χ4n) is 3.29. The summed E-state index contributed by atoms with van der Waals surface area (Å²) in [6, 6.07) is 6.15. The Bertz CT molecular complexity index is 559. The standard InChI is InChI=1S/C17H24BrN3O2/c1-2-21-8-5-13(6-9-21)19-17(22)20-15-7-10-23-16-4-3-12(18)11-14(15)16/h3-4,11,13,15H,2,5-10H2,1H3,(H2,19,20,22)/t15-/m0/s1. The smallest absolute Gasteiger partial charge is 0.315 e. The monoisotopic (exact) mass is 381 g/mol. The zero-order valence-corrected chi connectivity index (χ0v) is 15.1. The molecule has 126 valence electrons. The number of carbonyl (C=O) groups excluding carboxylic acids is 1. The Morgan fingerprint density at radius 1 is 1.30 bits per heavy atom. The number of hydrogen-bond acceptors (Lipinski definition) is 3. The zero-order chi connectivity index (χ0) is 16.2. The first-order valence-corrected chi connectivity index (χ1v) is 9.16. The van der Waals surface area contributed by atoms with Gasteiger partial charge in [-0.05, 0) is 37.6 Å². The van der Waals surface area contributed by atoms with E-state index in [1.165, 1.54) is 0 Å². The van der Waals surface area contributed by atoms with Gasteiger partial charge in [0.15, 0.2) is 0 Å². The number of urea groups is 1. The highest BCUT2D eigenvalue weighted by Gasteiger charge is 2.25. The van der Waals surface area contributed by atoms with Crippen LogP contribution in [-0.2, 0) is 0 Å². The second kappa shape index (κ2) is 7.53. The Labute approximate surface area is 145 Å². The van der Waals surface area contributed by atoms with Crippen molar-refractivity contribution in [1.29, 1.82) is 0 Å². The van der Waals surface area contributed by atoms with E-state index in [-0.39, 0.29) is 18.1 Å². The van der Waals surface area contributed by atoms with E-state index >= 15 is 0 Å². The molecular formula is C17H24BrN3O2. The van der Waals surface area contributed by atoms with Gasteiger partial charge < -0.3 is 20.3 Å². The molecule has 5 nitrogen and oxygen atoms in total. The van der Waals surface area contributed by atoms with Gasteiger partial charge in [-0.25, -0.2) is 4.79 Å². The molecule has 1 aromatic rings. The Morgan fingerprint density at radius 2 is 2.09 bits per heavy atom. The second-order valence-electron chi connectivity index (χ2n) is 6.20. The first kappa shape index (κ1) is 16.6. The van der Waals surface area contributed by atoms with Crippen molar-refractivity contribution in [3.8, 4) is 5.75 Å². The van der Waals surface area contributed by atoms with Crippen molar-refractivity contribution in [2.24, 2.45) is 0 Å². The molecule has 0 radical (unpaired) electrons. The number of nitrogens with zero attached hydrogens (tertiary/aromatic N) is 1. The predicted octanol–water partition coefficient (Wildman–Crippen LogP) is 3.06. The summed E-state index contributed by atoms with van der Waals surface area (Å²) in [7, 11) is 0. The lowest BCUT2D eigenvalue weighted by molar-refractivity contribution is 0.193. The van der Waals surface area contributed by atoms with Gasteiger partial charge in [0.25, 0.3) is 0 Å². The number of amides is 2. The van der Waals surface area contributed by atoms with E-state index in [0.717, 1.165) is 54.7 Å². The number of nitrogens with one attached hydrogen (secondary N) is 2. The minimum atomic E-state index is -0.0715. The van der Waals surface area contributed by atoms with E-state index in [1.807, 2.05) is 18.2 Å². The van der Waals surface area contributed by atoms with E-state index in [0.29, 0.717) is 6.61 Å². The summed E-state index contributed by atoms with van der Waals surface area (Å²) in [4.78, 5) is 14.8. The Balaban J connectivity index is 1.56. The maximum absolute atomic E-state index is 12.3. The normalized spacial score (nSPS) is 22.1. The molecule has 2 N–H and O–H groups in total. The van der Waals surface area contributed by atoms with Crippen LogP contribution in [0.1, 0.15) is 37.8 Å². The van der Waals surface area contributed by atoms with E-state index in [4.69, 9.17) is 4.74 Å². The van der Waals surface area contributed by atoms with Crippen molar-refractivity contribution < 1.29 is 9.53 Å². The SMILES string of the molecule is CCN1CCC(NC(=O)N[C@H]2CCOc3ccc(Br)cc32)CC1. The molecular weight excluding hydrogens is 358 g/mol. The molecule has 1 fully saturated rings. The van der Waals surface area contributed by atoms with Crippen LogP contribution in [0.4, 0.5) is 4.79 Å². The highest BCUT2D eigenvalue weighted by Crippen LogP contribution is 2.34. The molecule has 1 saturated heterocycles. The molecule has 3 rings (SSSR count). The predicted molar refractivity (Wildman–Crippen MR) is 93.8 cm³/mol. The molecule has 2 heterocycles. The Kier molecular flexibility index (Phi) is 5.43. The minimum absolute atomic E-state index is 0.00646. The van der Waals surface area contributed by atoms with E-state index < -0.39 is 0 Å². The number of rotatable bonds is 3. The quantitative estimate of drug-likeness (QED) is 0.845. The molecule has 2 aliphatic rings. The van der Waals surface area contributed by atoms with Gasteiger partial charge in [-0.15, -0.1) is 0 Å². The van der Waals surface area contributed by atoms with Crippen LogP contribution >= 0.6 is 15.9 Å². The van der Waals surface area contributed by atoms with Gasteiger partial charge in [0.05, 0.1) is 12.6 Å². The summed E-state index contributed by atoms with van der Waals surface area (Å²) >= 11 is 3.49. The van der Waals surface area contributed by atoms with Gasteiger partial charge in [0, 0.05) is 35.6 Å². The van der Waals surface area contributed by atoms with Crippen LogP contribution in [0.2, 0.25) is 0 Å². The summed E-state index contributed by atoms with van der Waals surface area (Å²) in [6.07, 6.45) is 2.85. The third-order valence-corrected chi connectivity index (χ3v) is 5.18. The molecule has 0 aliphatic carbocycles. The fourth-order valence-corrected chi connectivity index (χ4v) is 3.67. The lowest BCUT2D eigenvalue weighted by atomic mass is 10.0. The average Bonchev–Trinajstić information content (AvgIpc) is 2.56. The van der Waals surface area contributed by atoms with Gasteiger partial charge in [-0.2, -0.15) is 0 Å². The second-order valence-corrected chi connectivity index (χ2v) is 7.11. The topological polar surface area (TPSA) is 53.6 Å². The van der Waals surface area contributed by atoms with Gasteiger partial charge in [0.2, 0.25) is 0 Å². The maximum atomic E-state index is 12.3. The third-order valence-electron chi connectivity index (χ3n) is 4.69. The van der Waals surface area contributed by atoms with Crippen LogP contribution < -0.4 is 15.4 Å². The van der Waals surface area contributed by atoms with Gasteiger partial charge in [-0.1, -0.05) is 22.9 Å². The molecule has 23 heavy (non-hydrogen) atoms. The lowest BCUT2D eigenvalue weighted by Gasteiger charge is -2.32. The van der Waals surface area contributed by atoms with Gasteiger partial charge in [0.1, 0.15) is 5.75 Å². The molecule has 1 aromatic carbocycles. The summed E-state index contributed by atoms with van der Waals surface area (Å²) < 4.78 is 6.67. The Hall–Kier alpha value is -1.27. The average molecular weight is 382 g/mol. The number of hydrogen-bond donors (Lipinski definition) is 2. The van der Waals surface area contributed by atoms with Crippen LogP contribution in [0.5, 0.6) is 5.75 Å². The summed E-state index contributed by atoms with van der Waals surface area (Å²) in [5.41, 5.74) is 1.04. The number of piperidine rings is 1. The molecule has 2 aliphatic heterocycles. The van der Waals surface area contributed by atoms with Crippen molar-refractivity contribution in [3.05, 3.63) is 28.2 Å². The number of ether oxygens (including phenoxy) is 1. The van der Waals surface area contributed by atoms with E-state index in [9.17, 15) is 4.79 Å². The molecule has 0 aromatic heterocycles. The van der Waals surface area contributed by atoms with Crippen molar-refractivity contribution in [2.45, 2.75) is 38.3 Å². The van der Waals surface area contributed by atoms with Crippen LogP contribution in [0, 0.1) is 0 Å². The van der Waals surface area contributed by atoms with Crippen LogP contribution in [-0.4, -0.2) is 43.2 Å². The molecule has 6 heteroatoms. The fraction of sp³-hybridized carbons (Fsp3) is 0.588. The van der Waals surface area contributed by atoms with Crippen molar-refractivity contribution in [3.63, 3.8) is 0 Å².